The molecule has 1 atom stereocenters. The van der Waals surface area contributed by atoms with Gasteiger partial charge < -0.3 is 26.0 Å². The average Bonchev–Trinajstić information content (AvgIpc) is 2.81. The van der Waals surface area contributed by atoms with Gasteiger partial charge in [0.1, 0.15) is 22.5 Å². The number of hydrogen-bond acceptors (Lipinski definition) is 10. The summed E-state index contributed by atoms with van der Waals surface area (Å²) in [7, 11) is 1.58. The molecule has 0 amide bonds. The smallest absolute Gasteiger partial charge is 0.280 e. The Bertz CT molecular complexity index is 1180. The number of hydrogen-bond donors (Lipinski definition) is 4. The molecule has 2 aromatic heterocycles. The van der Waals surface area contributed by atoms with Crippen LogP contribution in [0.1, 0.15) is 37.8 Å². The molecule has 0 spiro atoms. The molecule has 2 heterocycles. The molecule has 5 N–H and O–H groups in total. The molecule has 3 aromatic rings. The van der Waals surface area contributed by atoms with Crippen LogP contribution in [0.5, 0.6) is 5.75 Å². The number of nitrogens with one attached hydrogen (secondary N) is 1. The van der Waals surface area contributed by atoms with E-state index in [1.807, 2.05) is 30.0 Å². The molecule has 1 aromatic carbocycles. The summed E-state index contributed by atoms with van der Waals surface area (Å²) in [5, 5.41) is 26.4. The minimum absolute atomic E-state index is 0.00913. The van der Waals surface area contributed by atoms with Crippen LogP contribution in [0.15, 0.2) is 29.2 Å². The summed E-state index contributed by atoms with van der Waals surface area (Å²) >= 11 is 0. The van der Waals surface area contributed by atoms with E-state index in [4.69, 9.17) is 10.5 Å². The number of aliphatic hydroxyl groups excluding tert-OH is 2. The number of fused-ring (bicyclic) bond motifs is 1. The molecule has 0 fully saturated rings. The Balaban J connectivity index is 1.93. The van der Waals surface area contributed by atoms with E-state index in [-0.39, 0.29) is 37.3 Å². The van der Waals surface area contributed by atoms with Gasteiger partial charge in [-0.3, -0.25) is 9.69 Å². The van der Waals surface area contributed by atoms with Crippen molar-refractivity contribution in [3.8, 4) is 5.75 Å². The number of nitrogens with two attached hydrogens (primary N) is 1. The van der Waals surface area contributed by atoms with E-state index in [1.165, 1.54) is 10.9 Å². The minimum atomic E-state index is -0.322. The molecule has 0 aliphatic rings. The number of nitrogen functional groups attached to an aromatic ring is 1. The second kappa shape index (κ2) is 12.4. The molecule has 11 nitrogen and oxygen atoms in total. The van der Waals surface area contributed by atoms with Gasteiger partial charge in [0.05, 0.1) is 33.1 Å². The van der Waals surface area contributed by atoms with E-state index in [1.54, 1.807) is 7.11 Å². The zero-order valence-electron chi connectivity index (χ0n) is 20.6. The normalized spacial score (nSPS) is 12.3. The standard InChI is InChI=1S/C24H35N7O4/c1-4-5-16(2)27-22-21-19(28-24(25)29-22)13-26-31(23(21)34)15-18-7-6-17(12-20(18)35-3)14-30(8-10-32)9-11-33/h6-7,12-13,16,32-33H,4-5,8-11,14-15H2,1-3H3,(H3,25,27,28,29)/t16-/m0/s1. The molecule has 0 bridgehead atoms. The highest BCUT2D eigenvalue weighted by molar-refractivity contribution is 5.88. The second-order valence-corrected chi connectivity index (χ2v) is 8.50. The first kappa shape index (κ1) is 26.3. The minimum Gasteiger partial charge on any atom is -0.496 e. The number of benzene rings is 1. The maximum absolute atomic E-state index is 13.4. The fourth-order valence-corrected chi connectivity index (χ4v) is 4.05. The molecule has 0 unspecified atom stereocenters. The van der Waals surface area contributed by atoms with Crippen molar-refractivity contribution in [2.75, 3.05) is 44.5 Å². The van der Waals surface area contributed by atoms with Gasteiger partial charge in [0.25, 0.3) is 5.56 Å². The molecule has 3 rings (SSSR count). The highest BCUT2D eigenvalue weighted by Gasteiger charge is 2.16. The SMILES string of the molecule is CCC[C@H](C)Nc1nc(N)nc2cnn(Cc3ccc(CN(CCO)CCO)cc3OC)c(=O)c12. The van der Waals surface area contributed by atoms with Crippen molar-refractivity contribution in [2.24, 2.45) is 0 Å². The lowest BCUT2D eigenvalue weighted by Crippen LogP contribution is -2.29. The highest BCUT2D eigenvalue weighted by atomic mass is 16.5. The third kappa shape index (κ3) is 6.65. The molecular weight excluding hydrogens is 450 g/mol. The topological polar surface area (TPSA) is 152 Å². The van der Waals surface area contributed by atoms with Crippen molar-refractivity contribution in [3.05, 3.63) is 45.9 Å². The van der Waals surface area contributed by atoms with Crippen molar-refractivity contribution in [1.82, 2.24) is 24.6 Å². The molecule has 0 saturated heterocycles. The molecule has 0 aliphatic heterocycles. The van der Waals surface area contributed by atoms with Gasteiger partial charge in [0.15, 0.2) is 0 Å². The molecule has 0 radical (unpaired) electrons. The number of aromatic nitrogens is 4. The molecular formula is C24H35N7O4. The summed E-state index contributed by atoms with van der Waals surface area (Å²) in [6, 6.07) is 5.84. The van der Waals surface area contributed by atoms with E-state index >= 15 is 0 Å². The van der Waals surface area contributed by atoms with Gasteiger partial charge in [-0.25, -0.2) is 9.67 Å². The largest absolute Gasteiger partial charge is 0.496 e. The van der Waals surface area contributed by atoms with Crippen LogP contribution in [0.4, 0.5) is 11.8 Å². The quantitative estimate of drug-likeness (QED) is 0.278. The summed E-state index contributed by atoms with van der Waals surface area (Å²) in [4.78, 5) is 23.8. The zero-order valence-corrected chi connectivity index (χ0v) is 20.6. The summed E-state index contributed by atoms with van der Waals surface area (Å²) in [5.41, 5.74) is 7.68. The Morgan fingerprint density at radius 2 is 1.97 bits per heavy atom. The Hall–Kier alpha value is -3.28. The fourth-order valence-electron chi connectivity index (χ4n) is 4.05. The van der Waals surface area contributed by atoms with Gasteiger partial charge in [-0.05, 0) is 25.0 Å². The number of anilines is 2. The van der Waals surface area contributed by atoms with Crippen LogP contribution in [-0.4, -0.2) is 74.3 Å². The number of aliphatic hydroxyl groups is 2. The van der Waals surface area contributed by atoms with Crippen molar-refractivity contribution < 1.29 is 14.9 Å². The first-order chi connectivity index (χ1) is 16.9. The summed E-state index contributed by atoms with van der Waals surface area (Å²) in [6.45, 7) is 5.81. The number of methoxy groups -OCH3 is 1. The lowest BCUT2D eigenvalue weighted by molar-refractivity contribution is 0.156. The number of ether oxygens (including phenoxy) is 1. The van der Waals surface area contributed by atoms with Crippen LogP contribution in [-0.2, 0) is 13.1 Å². The molecule has 190 valence electrons. The monoisotopic (exact) mass is 485 g/mol. The van der Waals surface area contributed by atoms with Crippen LogP contribution in [0.3, 0.4) is 0 Å². The zero-order chi connectivity index (χ0) is 25.4. The van der Waals surface area contributed by atoms with Gasteiger partial charge in [-0.15, -0.1) is 0 Å². The van der Waals surface area contributed by atoms with Crippen LogP contribution in [0.2, 0.25) is 0 Å². The van der Waals surface area contributed by atoms with Crippen molar-refractivity contribution in [2.45, 2.75) is 45.8 Å². The first-order valence-electron chi connectivity index (χ1n) is 11.8. The Labute approximate surface area is 204 Å². The van der Waals surface area contributed by atoms with Gasteiger partial charge in [0, 0.05) is 31.2 Å². The molecule has 11 heteroatoms. The fraction of sp³-hybridized carbons (Fsp3) is 0.500. The summed E-state index contributed by atoms with van der Waals surface area (Å²) in [6.07, 6.45) is 3.43. The van der Waals surface area contributed by atoms with Crippen LogP contribution in [0.25, 0.3) is 10.9 Å². The van der Waals surface area contributed by atoms with E-state index in [9.17, 15) is 15.0 Å². The Kier molecular flexibility index (Phi) is 9.35. The molecule has 35 heavy (non-hydrogen) atoms. The van der Waals surface area contributed by atoms with Crippen LogP contribution < -0.4 is 21.3 Å². The Morgan fingerprint density at radius 3 is 2.63 bits per heavy atom. The first-order valence-corrected chi connectivity index (χ1v) is 11.8. The maximum Gasteiger partial charge on any atom is 0.280 e. The van der Waals surface area contributed by atoms with Crippen molar-refractivity contribution >= 4 is 22.7 Å². The van der Waals surface area contributed by atoms with Crippen molar-refractivity contribution in [1.29, 1.82) is 0 Å². The Morgan fingerprint density at radius 1 is 1.23 bits per heavy atom. The van der Waals surface area contributed by atoms with E-state index in [0.29, 0.717) is 42.1 Å². The van der Waals surface area contributed by atoms with E-state index < -0.39 is 0 Å². The van der Waals surface area contributed by atoms with Gasteiger partial charge in [-0.1, -0.05) is 25.5 Å². The summed E-state index contributed by atoms with van der Waals surface area (Å²) in [5.74, 6) is 1.11. The third-order valence-corrected chi connectivity index (χ3v) is 5.74. The summed E-state index contributed by atoms with van der Waals surface area (Å²) < 4.78 is 6.95. The number of nitrogens with zero attached hydrogens (tertiary/aromatic N) is 5. The predicted molar refractivity (Wildman–Crippen MR) is 136 cm³/mol. The maximum atomic E-state index is 13.4. The van der Waals surface area contributed by atoms with Crippen molar-refractivity contribution in [3.63, 3.8) is 0 Å². The lowest BCUT2D eigenvalue weighted by Gasteiger charge is -2.21. The predicted octanol–water partition coefficient (Wildman–Crippen LogP) is 1.21. The van der Waals surface area contributed by atoms with Crippen LogP contribution >= 0.6 is 0 Å². The lowest BCUT2D eigenvalue weighted by atomic mass is 10.1. The molecule has 0 saturated carbocycles. The van der Waals surface area contributed by atoms with E-state index in [0.717, 1.165) is 24.0 Å². The second-order valence-electron chi connectivity index (χ2n) is 8.50. The van der Waals surface area contributed by atoms with Gasteiger partial charge in [0.2, 0.25) is 5.95 Å². The molecule has 0 aliphatic carbocycles. The third-order valence-electron chi connectivity index (χ3n) is 5.74. The van der Waals surface area contributed by atoms with Gasteiger partial charge >= 0.3 is 0 Å². The van der Waals surface area contributed by atoms with Gasteiger partial charge in [-0.2, -0.15) is 10.1 Å². The average molecular weight is 486 g/mol. The van der Waals surface area contributed by atoms with Crippen LogP contribution in [0, 0.1) is 0 Å². The van der Waals surface area contributed by atoms with E-state index in [2.05, 4.69) is 27.3 Å². The highest BCUT2D eigenvalue weighted by Crippen LogP contribution is 2.23. The number of rotatable bonds is 13.